The number of rotatable bonds is 2. The van der Waals surface area contributed by atoms with Gasteiger partial charge in [-0.3, -0.25) is 9.36 Å². The molecule has 1 fully saturated rings. The molecule has 7 heteroatoms. The number of amides is 2. The molecule has 0 bridgehead atoms. The molecule has 0 spiro atoms. The minimum Gasteiger partial charge on any atom is -0.485 e. The Kier molecular flexibility index (Phi) is 4.61. The van der Waals surface area contributed by atoms with Crippen LogP contribution in [0.2, 0.25) is 0 Å². The SMILES string of the molecule is CC(C)(C)OC(=O)N1CCCC(Cc2ncn3c2COc2ccccc2-3)C1=O. The van der Waals surface area contributed by atoms with Crippen LogP contribution in [-0.2, 0) is 22.6 Å². The number of hydrogen-bond donors (Lipinski definition) is 0. The van der Waals surface area contributed by atoms with Crippen molar-refractivity contribution in [1.29, 1.82) is 0 Å². The molecule has 0 N–H and O–H groups in total. The van der Waals surface area contributed by atoms with Gasteiger partial charge in [0.15, 0.2) is 0 Å². The third kappa shape index (κ3) is 3.48. The van der Waals surface area contributed by atoms with Gasteiger partial charge in [0.1, 0.15) is 18.0 Å². The second kappa shape index (κ2) is 6.96. The summed E-state index contributed by atoms with van der Waals surface area (Å²) in [5, 5.41) is 0. The fraction of sp³-hybridized carbons (Fsp3) is 0.476. The van der Waals surface area contributed by atoms with Crippen molar-refractivity contribution in [1.82, 2.24) is 14.5 Å². The third-order valence-corrected chi connectivity index (χ3v) is 5.05. The summed E-state index contributed by atoms with van der Waals surface area (Å²) in [5.41, 5.74) is 2.13. The average Bonchev–Trinajstić information content (AvgIpc) is 3.05. The highest BCUT2D eigenvalue weighted by Crippen LogP contribution is 2.32. The van der Waals surface area contributed by atoms with Gasteiger partial charge in [0.25, 0.3) is 0 Å². The van der Waals surface area contributed by atoms with Crippen molar-refractivity contribution in [2.75, 3.05) is 6.54 Å². The second-order valence-electron chi connectivity index (χ2n) is 8.28. The highest BCUT2D eigenvalue weighted by atomic mass is 16.6. The number of fused-ring (bicyclic) bond motifs is 3. The van der Waals surface area contributed by atoms with E-state index in [4.69, 9.17) is 9.47 Å². The Morgan fingerprint density at radius 1 is 1.32 bits per heavy atom. The Balaban J connectivity index is 1.52. The smallest absolute Gasteiger partial charge is 0.417 e. The van der Waals surface area contributed by atoms with Gasteiger partial charge in [0, 0.05) is 18.9 Å². The maximum Gasteiger partial charge on any atom is 0.417 e. The summed E-state index contributed by atoms with van der Waals surface area (Å²) in [7, 11) is 0. The van der Waals surface area contributed by atoms with E-state index in [2.05, 4.69) is 4.98 Å². The Bertz CT molecular complexity index is 913. The predicted molar refractivity (Wildman–Crippen MR) is 102 cm³/mol. The molecule has 28 heavy (non-hydrogen) atoms. The molecule has 2 aliphatic rings. The molecule has 1 atom stereocenters. The number of imidazole rings is 1. The van der Waals surface area contributed by atoms with E-state index in [0.717, 1.165) is 35.7 Å². The highest BCUT2D eigenvalue weighted by Gasteiger charge is 2.36. The van der Waals surface area contributed by atoms with Gasteiger partial charge in [0.2, 0.25) is 5.91 Å². The van der Waals surface area contributed by atoms with Crippen LogP contribution in [0.3, 0.4) is 0 Å². The van der Waals surface area contributed by atoms with Gasteiger partial charge in [0.05, 0.1) is 23.4 Å². The number of piperidine rings is 1. The van der Waals surface area contributed by atoms with Crippen molar-refractivity contribution < 1.29 is 19.1 Å². The summed E-state index contributed by atoms with van der Waals surface area (Å²) in [4.78, 5) is 31.1. The van der Waals surface area contributed by atoms with Crippen LogP contribution in [0.4, 0.5) is 4.79 Å². The second-order valence-corrected chi connectivity index (χ2v) is 8.28. The van der Waals surface area contributed by atoms with Gasteiger partial charge in [-0.1, -0.05) is 12.1 Å². The van der Waals surface area contributed by atoms with Crippen molar-refractivity contribution in [2.24, 2.45) is 5.92 Å². The molecule has 1 saturated heterocycles. The number of aromatic nitrogens is 2. The van der Waals surface area contributed by atoms with E-state index in [1.807, 2.05) is 28.8 Å². The van der Waals surface area contributed by atoms with Gasteiger partial charge in [-0.2, -0.15) is 0 Å². The number of imide groups is 1. The third-order valence-electron chi connectivity index (χ3n) is 5.05. The number of para-hydroxylation sites is 2. The van der Waals surface area contributed by atoms with Crippen molar-refractivity contribution in [3.63, 3.8) is 0 Å². The summed E-state index contributed by atoms with van der Waals surface area (Å²) in [6, 6.07) is 7.81. The van der Waals surface area contributed by atoms with Crippen LogP contribution in [0.25, 0.3) is 5.69 Å². The van der Waals surface area contributed by atoms with E-state index in [1.54, 1.807) is 27.1 Å². The zero-order valence-electron chi connectivity index (χ0n) is 16.5. The zero-order chi connectivity index (χ0) is 19.9. The lowest BCUT2D eigenvalue weighted by atomic mass is 9.92. The molecule has 3 heterocycles. The lowest BCUT2D eigenvalue weighted by Gasteiger charge is -2.32. The standard InChI is InChI=1S/C21H25N3O4/c1-21(2,3)28-20(26)23-10-6-7-14(19(23)25)11-15-17-12-27-18-9-5-4-8-16(18)24(17)13-22-15/h4-5,8-9,13-14H,6-7,10-12H2,1-3H3. The molecular formula is C21H25N3O4. The van der Waals surface area contributed by atoms with E-state index in [1.165, 1.54) is 4.90 Å². The first-order valence-corrected chi connectivity index (χ1v) is 9.65. The molecule has 2 aliphatic heterocycles. The van der Waals surface area contributed by atoms with Crippen molar-refractivity contribution in [3.05, 3.63) is 42.0 Å². The summed E-state index contributed by atoms with van der Waals surface area (Å²) >= 11 is 0. The molecule has 0 radical (unpaired) electrons. The van der Waals surface area contributed by atoms with Crippen LogP contribution in [0, 0.1) is 5.92 Å². The van der Waals surface area contributed by atoms with E-state index >= 15 is 0 Å². The summed E-state index contributed by atoms with van der Waals surface area (Å²) in [6.45, 7) is 6.22. The van der Waals surface area contributed by atoms with Crippen molar-refractivity contribution in [3.8, 4) is 11.4 Å². The Morgan fingerprint density at radius 2 is 2.11 bits per heavy atom. The van der Waals surface area contributed by atoms with Crippen LogP contribution in [-0.4, -0.2) is 38.6 Å². The fourth-order valence-corrected chi connectivity index (χ4v) is 3.74. The summed E-state index contributed by atoms with van der Waals surface area (Å²) in [5.74, 6) is 0.362. The van der Waals surface area contributed by atoms with Gasteiger partial charge >= 0.3 is 6.09 Å². The molecule has 0 aliphatic carbocycles. The zero-order valence-corrected chi connectivity index (χ0v) is 16.5. The molecule has 1 unspecified atom stereocenters. The number of benzene rings is 1. The summed E-state index contributed by atoms with van der Waals surface area (Å²) in [6.07, 6.45) is 3.22. The lowest BCUT2D eigenvalue weighted by molar-refractivity contribution is -0.137. The molecule has 4 rings (SSSR count). The van der Waals surface area contributed by atoms with Gasteiger partial charge < -0.3 is 9.47 Å². The van der Waals surface area contributed by atoms with Gasteiger partial charge in [-0.25, -0.2) is 14.7 Å². The summed E-state index contributed by atoms with van der Waals surface area (Å²) < 4.78 is 13.3. The molecule has 7 nitrogen and oxygen atoms in total. The van der Waals surface area contributed by atoms with Crippen LogP contribution < -0.4 is 4.74 Å². The first-order valence-electron chi connectivity index (χ1n) is 9.65. The van der Waals surface area contributed by atoms with E-state index in [9.17, 15) is 9.59 Å². The van der Waals surface area contributed by atoms with E-state index in [0.29, 0.717) is 19.6 Å². The molecule has 2 amide bonds. The Labute approximate surface area is 164 Å². The number of ether oxygens (including phenoxy) is 2. The molecule has 1 aromatic carbocycles. The normalized spacial score (nSPS) is 18.9. The number of carbonyl (C=O) groups excluding carboxylic acids is 2. The van der Waals surface area contributed by atoms with E-state index < -0.39 is 11.7 Å². The number of hydrogen-bond acceptors (Lipinski definition) is 5. The predicted octanol–water partition coefficient (Wildman–Crippen LogP) is 3.48. The molecular weight excluding hydrogens is 358 g/mol. The van der Waals surface area contributed by atoms with Crippen LogP contribution in [0.15, 0.2) is 30.6 Å². The largest absolute Gasteiger partial charge is 0.485 e. The monoisotopic (exact) mass is 383 g/mol. The molecule has 148 valence electrons. The molecule has 0 saturated carbocycles. The molecule has 1 aromatic heterocycles. The van der Waals surface area contributed by atoms with Crippen molar-refractivity contribution in [2.45, 2.75) is 52.2 Å². The quantitative estimate of drug-likeness (QED) is 0.794. The maximum absolute atomic E-state index is 12.9. The first-order chi connectivity index (χ1) is 13.3. The van der Waals surface area contributed by atoms with Gasteiger partial charge in [-0.15, -0.1) is 0 Å². The lowest BCUT2D eigenvalue weighted by Crippen LogP contribution is -2.47. The Morgan fingerprint density at radius 3 is 2.89 bits per heavy atom. The van der Waals surface area contributed by atoms with E-state index in [-0.39, 0.29) is 11.8 Å². The number of likely N-dealkylation sites (tertiary alicyclic amines) is 1. The minimum atomic E-state index is -0.627. The van der Waals surface area contributed by atoms with Crippen molar-refractivity contribution >= 4 is 12.0 Å². The van der Waals surface area contributed by atoms with Crippen LogP contribution in [0.1, 0.15) is 45.0 Å². The Hall–Kier alpha value is -2.83. The number of carbonyl (C=O) groups is 2. The van der Waals surface area contributed by atoms with Gasteiger partial charge in [-0.05, 0) is 45.7 Å². The first kappa shape index (κ1) is 18.5. The minimum absolute atomic E-state index is 0.181. The van der Waals surface area contributed by atoms with Crippen LogP contribution in [0.5, 0.6) is 5.75 Å². The highest BCUT2D eigenvalue weighted by molar-refractivity contribution is 5.94. The van der Waals surface area contributed by atoms with Crippen LogP contribution >= 0.6 is 0 Å². The fourth-order valence-electron chi connectivity index (χ4n) is 3.74. The number of nitrogens with zero attached hydrogens (tertiary/aromatic N) is 3. The average molecular weight is 383 g/mol. The molecule has 2 aromatic rings. The maximum atomic E-state index is 12.9. The topological polar surface area (TPSA) is 73.7 Å².